The van der Waals surface area contributed by atoms with E-state index in [1.54, 1.807) is 0 Å². The first-order chi connectivity index (χ1) is 21.3. The fourth-order valence-electron chi connectivity index (χ4n) is 5.82. The molecule has 43 heavy (non-hydrogen) atoms. The van der Waals surface area contributed by atoms with Crippen LogP contribution in [0.15, 0.2) is 183 Å². The van der Waals surface area contributed by atoms with Crippen molar-refractivity contribution in [3.63, 3.8) is 0 Å². The van der Waals surface area contributed by atoms with Gasteiger partial charge in [0.2, 0.25) is 6.71 Å². The minimum absolute atomic E-state index is 0.309. The Hall–Kier alpha value is -4.67. The van der Waals surface area contributed by atoms with Gasteiger partial charge in [0.1, 0.15) is 8.07 Å². The second-order valence-corrected chi connectivity index (χ2v) is 14.8. The predicted octanol–water partition coefficient (Wildman–Crippen LogP) is 5.85. The molecule has 0 aliphatic carbocycles. The third-order valence-corrected chi connectivity index (χ3v) is 12.6. The van der Waals surface area contributed by atoms with E-state index in [2.05, 4.69) is 186 Å². The third-order valence-electron chi connectivity index (χ3n) is 7.93. The highest BCUT2D eigenvalue weighted by Gasteiger charge is 2.36. The monoisotopic (exact) mass is 574 g/mol. The summed E-state index contributed by atoms with van der Waals surface area (Å²) in [6.45, 7) is 2.50. The van der Waals surface area contributed by atoms with Crippen LogP contribution in [0, 0.1) is 0 Å². The van der Waals surface area contributed by atoms with Gasteiger partial charge in [-0.25, -0.2) is 4.98 Å². The van der Waals surface area contributed by atoms with Crippen LogP contribution in [0.5, 0.6) is 0 Å². The topological polar surface area (TPSA) is 17.8 Å². The number of allylic oxidation sites excluding steroid dienone is 2. The zero-order valence-electron chi connectivity index (χ0n) is 24.9. The lowest BCUT2D eigenvalue weighted by Crippen LogP contribution is -2.61. The van der Waals surface area contributed by atoms with Crippen LogP contribution in [0.3, 0.4) is 0 Å². The van der Waals surface area contributed by atoms with Crippen LogP contribution >= 0.6 is 0 Å². The van der Waals surface area contributed by atoms with Crippen LogP contribution in [-0.2, 0) is 6.17 Å². The lowest BCUT2D eigenvalue weighted by atomic mass is 9.37. The van der Waals surface area contributed by atoms with Crippen molar-refractivity contribution in [1.29, 1.82) is 0 Å². The van der Waals surface area contributed by atoms with Gasteiger partial charge in [-0.3, -0.25) is 0 Å². The van der Waals surface area contributed by atoms with Crippen molar-refractivity contribution in [1.82, 2.24) is 9.55 Å². The number of imidazole rings is 1. The van der Waals surface area contributed by atoms with Gasteiger partial charge < -0.3 is 4.57 Å². The standard InChI is InChI=1S/C21H24N2Si.C18H15B/c1-2-3-10-17-24(19-23-16-15-22-18-23,20-11-6-4-7-12-20)21-13-8-5-9-14-21;1-4-10-16(11-5-1)19(17-12-6-2-7-13-17)18-14-8-3-9-15-18/h3-16,18H,2,17,19H2,1H3;1-15H. The average Bonchev–Trinajstić information content (AvgIpc) is 3.60. The van der Waals surface area contributed by atoms with Crippen LogP contribution in [0.25, 0.3) is 0 Å². The molecule has 2 nitrogen and oxygen atoms in total. The Kier molecular flexibility index (Phi) is 10.8. The molecule has 0 aliphatic rings. The minimum Gasteiger partial charge on any atom is -0.340 e. The predicted molar refractivity (Wildman–Crippen MR) is 188 cm³/mol. The van der Waals surface area contributed by atoms with Gasteiger partial charge in [-0.1, -0.05) is 197 Å². The molecule has 0 bridgehead atoms. The van der Waals surface area contributed by atoms with Crippen molar-refractivity contribution >= 4 is 41.5 Å². The Labute approximate surface area is 258 Å². The molecule has 0 saturated carbocycles. The Morgan fingerprint density at radius 3 is 1.37 bits per heavy atom. The van der Waals surface area contributed by atoms with Gasteiger partial charge in [-0.15, -0.1) is 0 Å². The zero-order valence-corrected chi connectivity index (χ0v) is 25.9. The molecule has 6 aromatic rings. The molecule has 1 aromatic heterocycles. The molecule has 0 spiro atoms. The van der Waals surface area contributed by atoms with E-state index in [0.717, 1.165) is 18.6 Å². The van der Waals surface area contributed by atoms with E-state index in [1.165, 1.54) is 26.8 Å². The summed E-state index contributed by atoms with van der Waals surface area (Å²) in [4.78, 5) is 4.26. The molecule has 212 valence electrons. The highest BCUT2D eigenvalue weighted by Crippen LogP contribution is 2.16. The molecule has 5 aromatic carbocycles. The molecule has 0 aliphatic heterocycles. The molecule has 1 heterocycles. The van der Waals surface area contributed by atoms with Crippen LogP contribution in [0.4, 0.5) is 0 Å². The molecular formula is C39H39BN2Si. The molecule has 4 heteroatoms. The second kappa shape index (κ2) is 15.5. The zero-order chi connectivity index (χ0) is 29.6. The Balaban J connectivity index is 0.000000176. The maximum Gasteiger partial charge on any atom is 0.241 e. The molecule has 0 N–H and O–H groups in total. The second-order valence-electron chi connectivity index (χ2n) is 10.8. The first-order valence-electron chi connectivity index (χ1n) is 15.2. The summed E-state index contributed by atoms with van der Waals surface area (Å²) in [5.74, 6) is 0. The molecule has 0 radical (unpaired) electrons. The molecule has 0 saturated heterocycles. The maximum absolute atomic E-state index is 4.26. The van der Waals surface area contributed by atoms with Gasteiger partial charge in [0.15, 0.2) is 0 Å². The van der Waals surface area contributed by atoms with E-state index in [-0.39, 0.29) is 0 Å². The summed E-state index contributed by atoms with van der Waals surface area (Å²) in [5.41, 5.74) is 4.00. The van der Waals surface area contributed by atoms with Crippen LogP contribution in [-0.4, -0.2) is 24.3 Å². The van der Waals surface area contributed by atoms with Gasteiger partial charge in [0.25, 0.3) is 0 Å². The number of aromatic nitrogens is 2. The lowest BCUT2D eigenvalue weighted by molar-refractivity contribution is 0.855. The summed E-state index contributed by atoms with van der Waals surface area (Å²) in [6, 6.07) is 55.2. The Morgan fingerprint density at radius 1 is 0.581 bits per heavy atom. The van der Waals surface area contributed by atoms with Crippen molar-refractivity contribution in [3.05, 3.63) is 183 Å². The Morgan fingerprint density at radius 2 is 1.00 bits per heavy atom. The average molecular weight is 575 g/mol. The summed E-state index contributed by atoms with van der Waals surface area (Å²) in [7, 11) is -1.95. The minimum atomic E-state index is -1.95. The molecule has 0 atom stereocenters. The van der Waals surface area contributed by atoms with Crippen LogP contribution in [0.1, 0.15) is 13.3 Å². The molecule has 6 rings (SSSR count). The molecular weight excluding hydrogens is 535 g/mol. The summed E-state index contributed by atoms with van der Waals surface area (Å²) in [5, 5.41) is 2.95. The normalized spacial score (nSPS) is 11.1. The van der Waals surface area contributed by atoms with Crippen molar-refractivity contribution < 1.29 is 0 Å². The number of hydrogen-bond acceptors (Lipinski definition) is 1. The quantitative estimate of drug-likeness (QED) is 0.148. The van der Waals surface area contributed by atoms with Crippen molar-refractivity contribution in [2.45, 2.75) is 25.6 Å². The summed E-state index contributed by atoms with van der Waals surface area (Å²) < 4.78 is 2.24. The first-order valence-corrected chi connectivity index (χ1v) is 17.6. The van der Waals surface area contributed by atoms with Crippen molar-refractivity contribution in [2.75, 3.05) is 0 Å². The first kappa shape index (κ1) is 29.8. The summed E-state index contributed by atoms with van der Waals surface area (Å²) >= 11 is 0. The maximum atomic E-state index is 4.26. The lowest BCUT2D eigenvalue weighted by Gasteiger charge is -2.32. The molecule has 0 amide bonds. The fraction of sp³-hybridized carbons (Fsp3) is 0.103. The number of benzene rings is 5. The van der Waals surface area contributed by atoms with Gasteiger partial charge in [-0.05, 0) is 12.5 Å². The van der Waals surface area contributed by atoms with Gasteiger partial charge in [-0.2, -0.15) is 0 Å². The van der Waals surface area contributed by atoms with Crippen molar-refractivity contribution in [2.24, 2.45) is 0 Å². The highest BCUT2D eigenvalue weighted by atomic mass is 28.3. The van der Waals surface area contributed by atoms with Crippen LogP contribution in [0.2, 0.25) is 6.04 Å². The third kappa shape index (κ3) is 7.79. The summed E-state index contributed by atoms with van der Waals surface area (Å²) in [6.07, 6.45) is 12.7. The molecule has 0 unspecified atom stereocenters. The van der Waals surface area contributed by atoms with Gasteiger partial charge >= 0.3 is 0 Å². The van der Waals surface area contributed by atoms with E-state index in [9.17, 15) is 0 Å². The van der Waals surface area contributed by atoms with Gasteiger partial charge in [0, 0.05) is 18.6 Å². The van der Waals surface area contributed by atoms with E-state index in [0.29, 0.717) is 6.71 Å². The number of nitrogens with zero attached hydrogens (tertiary/aromatic N) is 2. The molecule has 0 fully saturated rings. The van der Waals surface area contributed by atoms with E-state index in [4.69, 9.17) is 0 Å². The number of rotatable bonds is 10. The smallest absolute Gasteiger partial charge is 0.241 e. The van der Waals surface area contributed by atoms with Crippen LogP contribution < -0.4 is 26.8 Å². The highest BCUT2D eigenvalue weighted by molar-refractivity contribution is 7.01. The van der Waals surface area contributed by atoms with E-state index >= 15 is 0 Å². The van der Waals surface area contributed by atoms with E-state index in [1.807, 2.05) is 12.5 Å². The fourth-order valence-corrected chi connectivity index (χ4v) is 10.2. The largest absolute Gasteiger partial charge is 0.340 e. The number of hydrogen-bond donors (Lipinski definition) is 0. The SMILES string of the molecule is CCC=CC[Si](Cn1ccnc1)(c1ccccc1)c1ccccc1.c1ccc(B(c2ccccc2)c2ccccc2)cc1. The van der Waals surface area contributed by atoms with E-state index < -0.39 is 8.07 Å². The van der Waals surface area contributed by atoms with Gasteiger partial charge in [0.05, 0.1) is 6.33 Å². The van der Waals surface area contributed by atoms with Crippen molar-refractivity contribution in [3.8, 4) is 0 Å². The Bertz CT molecular complexity index is 1490.